The molecular formula is C16H16ClFN2O3. The maximum atomic E-state index is 13.6. The predicted octanol–water partition coefficient (Wildman–Crippen LogP) is 3.17. The second kappa shape index (κ2) is 6.68. The van der Waals surface area contributed by atoms with E-state index in [0.29, 0.717) is 30.2 Å². The number of carbonyl (C=O) groups is 1. The first-order valence-electron chi connectivity index (χ1n) is 7.30. The lowest BCUT2D eigenvalue weighted by atomic mass is 9.94. The molecular weight excluding hydrogens is 323 g/mol. The van der Waals surface area contributed by atoms with E-state index >= 15 is 0 Å². The summed E-state index contributed by atoms with van der Waals surface area (Å²) in [7, 11) is 0. The fraction of sp³-hybridized carbons (Fsp3) is 0.375. The van der Waals surface area contributed by atoms with Gasteiger partial charge in [-0.15, -0.1) is 0 Å². The number of carbonyl (C=O) groups excluding carboxylic acids is 1. The van der Waals surface area contributed by atoms with Crippen LogP contribution in [-0.4, -0.2) is 17.5 Å². The standard InChI is InChI=1S/C16H16ClFN2O3/c1-9-7-19-14(23-9)8-20-16(21)11-4-5-22-15(11)10-2-3-12(17)13(18)6-10/h2-3,6-7,11,15H,4-5,8H2,1H3,(H,20,21)/t11-,15+/m1/s1. The molecule has 3 rings (SSSR count). The minimum atomic E-state index is -0.519. The molecule has 5 nitrogen and oxygen atoms in total. The Kier molecular flexibility index (Phi) is 4.63. The first-order valence-corrected chi connectivity index (χ1v) is 7.68. The monoisotopic (exact) mass is 338 g/mol. The molecule has 1 fully saturated rings. The number of ether oxygens (including phenoxy) is 1. The van der Waals surface area contributed by atoms with E-state index in [9.17, 15) is 9.18 Å². The van der Waals surface area contributed by atoms with Gasteiger partial charge in [-0.1, -0.05) is 17.7 Å². The third kappa shape index (κ3) is 3.54. The van der Waals surface area contributed by atoms with Gasteiger partial charge in [0, 0.05) is 6.61 Å². The highest BCUT2D eigenvalue weighted by molar-refractivity contribution is 6.30. The normalized spacial score (nSPS) is 20.7. The van der Waals surface area contributed by atoms with Crippen LogP contribution in [0.2, 0.25) is 5.02 Å². The summed E-state index contributed by atoms with van der Waals surface area (Å²) in [5, 5.41) is 2.83. The molecule has 1 saturated heterocycles. The molecule has 1 aromatic heterocycles. The molecule has 1 aromatic carbocycles. The lowest BCUT2D eigenvalue weighted by Gasteiger charge is -2.18. The average molecular weight is 339 g/mol. The van der Waals surface area contributed by atoms with Crippen LogP contribution in [-0.2, 0) is 16.1 Å². The van der Waals surface area contributed by atoms with Crippen molar-refractivity contribution in [3.8, 4) is 0 Å². The Morgan fingerprint density at radius 2 is 2.35 bits per heavy atom. The Morgan fingerprint density at radius 3 is 3.04 bits per heavy atom. The Morgan fingerprint density at radius 1 is 1.52 bits per heavy atom. The first-order chi connectivity index (χ1) is 11.0. The molecule has 23 heavy (non-hydrogen) atoms. The molecule has 0 saturated carbocycles. The van der Waals surface area contributed by atoms with Crippen molar-refractivity contribution >= 4 is 17.5 Å². The van der Waals surface area contributed by atoms with Crippen molar-refractivity contribution in [1.29, 1.82) is 0 Å². The van der Waals surface area contributed by atoms with E-state index in [1.807, 2.05) is 0 Å². The van der Waals surface area contributed by atoms with E-state index < -0.39 is 11.9 Å². The Labute approximate surface area is 137 Å². The van der Waals surface area contributed by atoms with Gasteiger partial charge in [-0.2, -0.15) is 0 Å². The van der Waals surface area contributed by atoms with Crippen molar-refractivity contribution in [3.63, 3.8) is 0 Å². The van der Waals surface area contributed by atoms with Crippen molar-refractivity contribution in [2.45, 2.75) is 26.0 Å². The minimum absolute atomic E-state index is 0.0482. The van der Waals surface area contributed by atoms with E-state index in [4.69, 9.17) is 20.8 Å². The van der Waals surface area contributed by atoms with Crippen molar-refractivity contribution in [2.24, 2.45) is 5.92 Å². The predicted molar refractivity (Wildman–Crippen MR) is 81.3 cm³/mol. The Hall–Kier alpha value is -1.92. The van der Waals surface area contributed by atoms with Gasteiger partial charge in [0.25, 0.3) is 0 Å². The van der Waals surface area contributed by atoms with Gasteiger partial charge in [0.2, 0.25) is 11.8 Å². The number of aryl methyl sites for hydroxylation is 1. The lowest BCUT2D eigenvalue weighted by Crippen LogP contribution is -2.32. The fourth-order valence-corrected chi connectivity index (χ4v) is 2.77. The van der Waals surface area contributed by atoms with E-state index in [0.717, 1.165) is 0 Å². The van der Waals surface area contributed by atoms with E-state index in [1.165, 1.54) is 12.1 Å². The lowest BCUT2D eigenvalue weighted by molar-refractivity contribution is -0.127. The largest absolute Gasteiger partial charge is 0.444 e. The molecule has 122 valence electrons. The van der Waals surface area contributed by atoms with Crippen LogP contribution in [0.25, 0.3) is 0 Å². The fourth-order valence-electron chi connectivity index (χ4n) is 2.65. The summed E-state index contributed by atoms with van der Waals surface area (Å²) in [6.45, 7) is 2.45. The van der Waals surface area contributed by atoms with Crippen LogP contribution in [0.5, 0.6) is 0 Å². The quantitative estimate of drug-likeness (QED) is 0.930. The third-order valence-corrected chi connectivity index (χ3v) is 4.09. The minimum Gasteiger partial charge on any atom is -0.444 e. The highest BCUT2D eigenvalue weighted by atomic mass is 35.5. The SMILES string of the molecule is Cc1cnc(CNC(=O)[C@@H]2CCO[C@H]2c2ccc(Cl)c(F)c2)o1. The summed E-state index contributed by atoms with van der Waals surface area (Å²) >= 11 is 5.69. The van der Waals surface area contributed by atoms with E-state index in [1.54, 1.807) is 19.2 Å². The van der Waals surface area contributed by atoms with Gasteiger partial charge in [0.15, 0.2) is 0 Å². The maximum absolute atomic E-state index is 13.6. The van der Waals surface area contributed by atoms with Crippen LogP contribution < -0.4 is 5.32 Å². The summed E-state index contributed by atoms with van der Waals surface area (Å²) in [4.78, 5) is 16.4. The second-order valence-electron chi connectivity index (χ2n) is 5.44. The molecule has 1 N–H and O–H groups in total. The molecule has 2 aromatic rings. The van der Waals surface area contributed by atoms with Gasteiger partial charge in [-0.05, 0) is 31.0 Å². The smallest absolute Gasteiger partial charge is 0.226 e. The van der Waals surface area contributed by atoms with Crippen LogP contribution >= 0.6 is 11.6 Å². The number of hydrogen-bond acceptors (Lipinski definition) is 4. The number of oxazole rings is 1. The number of nitrogens with zero attached hydrogens (tertiary/aromatic N) is 1. The summed E-state index contributed by atoms with van der Waals surface area (Å²) < 4.78 is 24.6. The summed E-state index contributed by atoms with van der Waals surface area (Å²) in [6, 6.07) is 4.47. The van der Waals surface area contributed by atoms with Crippen molar-refractivity contribution in [1.82, 2.24) is 10.3 Å². The maximum Gasteiger partial charge on any atom is 0.226 e. The average Bonchev–Trinajstić information content (AvgIpc) is 3.16. The van der Waals surface area contributed by atoms with Gasteiger partial charge in [0.1, 0.15) is 11.6 Å². The molecule has 2 heterocycles. The molecule has 0 bridgehead atoms. The van der Waals surface area contributed by atoms with Gasteiger partial charge < -0.3 is 14.5 Å². The summed E-state index contributed by atoms with van der Waals surface area (Å²) in [6.07, 6.45) is 1.69. The molecule has 1 aliphatic heterocycles. The van der Waals surface area contributed by atoms with Crippen molar-refractivity contribution in [3.05, 3.63) is 52.5 Å². The number of benzene rings is 1. The molecule has 0 unspecified atom stereocenters. The highest BCUT2D eigenvalue weighted by Crippen LogP contribution is 2.35. The molecule has 7 heteroatoms. The van der Waals surface area contributed by atoms with E-state index in [-0.39, 0.29) is 23.4 Å². The molecule has 0 radical (unpaired) electrons. The zero-order chi connectivity index (χ0) is 16.4. The first kappa shape index (κ1) is 16.0. The van der Waals surface area contributed by atoms with Crippen molar-refractivity contribution < 1.29 is 18.3 Å². The number of halogens is 2. The highest BCUT2D eigenvalue weighted by Gasteiger charge is 2.35. The van der Waals surface area contributed by atoms with Gasteiger partial charge in [-0.25, -0.2) is 9.37 Å². The zero-order valence-electron chi connectivity index (χ0n) is 12.5. The zero-order valence-corrected chi connectivity index (χ0v) is 13.3. The topological polar surface area (TPSA) is 64.4 Å². The molecule has 2 atom stereocenters. The van der Waals surface area contributed by atoms with Crippen LogP contribution in [0.3, 0.4) is 0 Å². The summed E-state index contributed by atoms with van der Waals surface area (Å²) in [5.74, 6) is 0.0660. The molecule has 1 amide bonds. The Balaban J connectivity index is 1.68. The van der Waals surface area contributed by atoms with E-state index in [2.05, 4.69) is 10.3 Å². The molecule has 1 aliphatic rings. The number of nitrogens with one attached hydrogen (secondary N) is 1. The van der Waals surface area contributed by atoms with Gasteiger partial charge in [-0.3, -0.25) is 4.79 Å². The molecule has 0 aliphatic carbocycles. The van der Waals surface area contributed by atoms with Crippen molar-refractivity contribution in [2.75, 3.05) is 6.61 Å². The van der Waals surface area contributed by atoms with Crippen LogP contribution in [0, 0.1) is 18.7 Å². The van der Waals surface area contributed by atoms with Gasteiger partial charge >= 0.3 is 0 Å². The number of aromatic nitrogens is 1. The number of amides is 1. The number of rotatable bonds is 4. The number of hydrogen-bond donors (Lipinski definition) is 1. The Bertz CT molecular complexity index is 719. The van der Waals surface area contributed by atoms with Gasteiger partial charge in [0.05, 0.1) is 29.8 Å². The van der Waals surface area contributed by atoms with Crippen LogP contribution in [0.4, 0.5) is 4.39 Å². The third-order valence-electron chi connectivity index (χ3n) is 3.78. The van der Waals surface area contributed by atoms with Crippen LogP contribution in [0.1, 0.15) is 29.7 Å². The second-order valence-corrected chi connectivity index (χ2v) is 5.85. The molecule has 0 spiro atoms. The summed E-state index contributed by atoms with van der Waals surface area (Å²) in [5.41, 5.74) is 0.608. The van der Waals surface area contributed by atoms with Crippen LogP contribution in [0.15, 0.2) is 28.8 Å².